The van der Waals surface area contributed by atoms with Crippen LogP contribution < -0.4 is 4.74 Å². The van der Waals surface area contributed by atoms with Crippen molar-refractivity contribution in [2.45, 2.75) is 20.5 Å². The van der Waals surface area contributed by atoms with Crippen molar-refractivity contribution >= 4 is 23.4 Å². The van der Waals surface area contributed by atoms with Crippen molar-refractivity contribution in [1.29, 1.82) is 0 Å². The van der Waals surface area contributed by atoms with Gasteiger partial charge in [-0.25, -0.2) is 4.79 Å². The van der Waals surface area contributed by atoms with Crippen molar-refractivity contribution in [2.24, 2.45) is 7.05 Å². The number of benzene rings is 1. The van der Waals surface area contributed by atoms with Crippen LogP contribution in [-0.4, -0.2) is 27.2 Å². The summed E-state index contributed by atoms with van der Waals surface area (Å²) in [6.45, 7) is 3.01. The number of Topliss-reactive ketones (excluding diaryl/α,β-unsaturated/α-hetero) is 1. The average Bonchev–Trinajstić information content (AvgIpc) is 2.90. The molecule has 0 atom stereocenters. The maximum absolute atomic E-state index is 12.5. The van der Waals surface area contributed by atoms with E-state index in [4.69, 9.17) is 9.47 Å². The highest BCUT2D eigenvalue weighted by Gasteiger charge is 2.32. The van der Waals surface area contributed by atoms with E-state index >= 15 is 0 Å². The topological polar surface area (TPSA) is 118 Å². The van der Waals surface area contributed by atoms with Crippen LogP contribution in [0, 0.1) is 17.0 Å². The van der Waals surface area contributed by atoms with E-state index < -0.39 is 11.1 Å². The third-order valence-corrected chi connectivity index (χ3v) is 4.56. The Labute approximate surface area is 159 Å². The van der Waals surface area contributed by atoms with Crippen LogP contribution >= 0.6 is 0 Å². The molecule has 1 aromatic heterocycles. The fraction of sp³-hybridized carbons (Fsp3) is 0.211. The van der Waals surface area contributed by atoms with E-state index in [9.17, 15) is 24.5 Å². The van der Waals surface area contributed by atoms with Crippen molar-refractivity contribution in [3.05, 3.63) is 68.5 Å². The van der Waals surface area contributed by atoms with Gasteiger partial charge in [0.1, 0.15) is 18.1 Å². The first-order chi connectivity index (χ1) is 13.2. The Morgan fingerprint density at radius 1 is 1.18 bits per heavy atom. The summed E-state index contributed by atoms with van der Waals surface area (Å²) in [6, 6.07) is 4.93. The number of fused-ring (bicyclic) bond motifs is 1. The molecule has 0 N–H and O–H groups in total. The van der Waals surface area contributed by atoms with Gasteiger partial charge in [0.2, 0.25) is 5.78 Å². The van der Waals surface area contributed by atoms with Gasteiger partial charge in [-0.1, -0.05) is 0 Å². The van der Waals surface area contributed by atoms with Crippen LogP contribution in [0.3, 0.4) is 0 Å². The molecule has 0 fully saturated rings. The number of nitro groups is 1. The molecule has 0 aliphatic heterocycles. The predicted molar refractivity (Wildman–Crippen MR) is 96.5 cm³/mol. The number of hydrogen-bond donors (Lipinski definition) is 0. The maximum Gasteiger partial charge on any atom is 0.514 e. The first-order valence-electron chi connectivity index (χ1n) is 8.25. The van der Waals surface area contributed by atoms with E-state index in [1.54, 1.807) is 25.5 Å². The molecule has 0 amide bonds. The van der Waals surface area contributed by atoms with Crippen molar-refractivity contribution in [3.8, 4) is 5.75 Å². The Kier molecular flexibility index (Phi) is 4.83. The lowest BCUT2D eigenvalue weighted by Crippen LogP contribution is -2.18. The van der Waals surface area contributed by atoms with Crippen LogP contribution in [0.25, 0.3) is 0 Å². The molecule has 1 aliphatic carbocycles. The second-order valence-electron chi connectivity index (χ2n) is 6.26. The highest BCUT2D eigenvalue weighted by atomic mass is 16.7. The monoisotopic (exact) mass is 384 g/mol. The third-order valence-electron chi connectivity index (χ3n) is 4.56. The molecule has 0 radical (unpaired) electrons. The summed E-state index contributed by atoms with van der Waals surface area (Å²) in [7, 11) is 1.66. The summed E-state index contributed by atoms with van der Waals surface area (Å²) >= 11 is 0. The van der Waals surface area contributed by atoms with Crippen LogP contribution in [-0.2, 0) is 18.4 Å². The average molecular weight is 384 g/mol. The number of nitrogens with zero attached hydrogens (tertiary/aromatic N) is 2. The molecule has 3 rings (SSSR count). The minimum absolute atomic E-state index is 0.0763. The molecule has 9 heteroatoms. The normalized spacial score (nSPS) is 13.0. The van der Waals surface area contributed by atoms with Crippen molar-refractivity contribution in [3.63, 3.8) is 0 Å². The predicted octanol–water partition coefficient (Wildman–Crippen LogP) is 3.28. The van der Waals surface area contributed by atoms with E-state index in [1.807, 2.05) is 0 Å². The lowest BCUT2D eigenvalue weighted by Gasteiger charge is -2.11. The molecule has 28 heavy (non-hydrogen) atoms. The fourth-order valence-electron chi connectivity index (χ4n) is 2.99. The number of allylic oxidation sites excluding steroid dienone is 2. The van der Waals surface area contributed by atoms with E-state index in [0.29, 0.717) is 16.8 Å². The van der Waals surface area contributed by atoms with Crippen LogP contribution in [0.5, 0.6) is 5.75 Å². The Hall–Kier alpha value is -3.75. The highest BCUT2D eigenvalue weighted by molar-refractivity contribution is 6.24. The molecule has 1 aliphatic rings. The van der Waals surface area contributed by atoms with Crippen molar-refractivity contribution < 1.29 is 28.8 Å². The number of nitro benzene ring substituents is 1. The van der Waals surface area contributed by atoms with Gasteiger partial charge in [0.15, 0.2) is 5.78 Å². The number of ketones is 2. The maximum atomic E-state index is 12.5. The third kappa shape index (κ3) is 3.29. The number of hydrogen-bond acceptors (Lipinski definition) is 7. The second kappa shape index (κ2) is 7.10. The number of ether oxygens (including phenoxy) is 2. The minimum atomic E-state index is -1.03. The molecular weight excluding hydrogens is 368 g/mol. The molecule has 1 heterocycles. The van der Waals surface area contributed by atoms with Gasteiger partial charge in [-0.15, -0.1) is 0 Å². The van der Waals surface area contributed by atoms with Gasteiger partial charge in [-0.2, -0.15) is 0 Å². The number of carbonyl (C=O) groups excluding carboxylic acids is 3. The van der Waals surface area contributed by atoms with Crippen LogP contribution in [0.1, 0.15) is 39.0 Å². The zero-order valence-electron chi connectivity index (χ0n) is 15.3. The summed E-state index contributed by atoms with van der Waals surface area (Å²) in [5, 5.41) is 10.6. The second-order valence-corrected chi connectivity index (χ2v) is 6.26. The SMILES string of the molecule is CC1=CC(=O)c2c(c(COC(=O)Oc3ccc([N+](=O)[O-])cc3)c(C)n2C)C1=O. The lowest BCUT2D eigenvalue weighted by atomic mass is 9.92. The van der Waals surface area contributed by atoms with Gasteiger partial charge in [-0.05, 0) is 32.1 Å². The van der Waals surface area contributed by atoms with Gasteiger partial charge >= 0.3 is 6.16 Å². The molecule has 0 bridgehead atoms. The Morgan fingerprint density at radius 2 is 1.82 bits per heavy atom. The van der Waals surface area contributed by atoms with E-state index in [-0.39, 0.29) is 40.9 Å². The van der Waals surface area contributed by atoms with E-state index in [1.165, 1.54) is 30.3 Å². The van der Waals surface area contributed by atoms with Gasteiger partial charge in [0.25, 0.3) is 5.69 Å². The van der Waals surface area contributed by atoms with E-state index in [2.05, 4.69) is 0 Å². The fourth-order valence-corrected chi connectivity index (χ4v) is 2.99. The minimum Gasteiger partial charge on any atom is -0.429 e. The van der Waals surface area contributed by atoms with Crippen LogP contribution in [0.15, 0.2) is 35.9 Å². The largest absolute Gasteiger partial charge is 0.514 e. The molecule has 2 aromatic rings. The van der Waals surface area contributed by atoms with E-state index in [0.717, 1.165) is 0 Å². The summed E-state index contributed by atoms with van der Waals surface area (Å²) in [6.07, 6.45) is 0.255. The van der Waals surface area contributed by atoms with Crippen LogP contribution in [0.4, 0.5) is 10.5 Å². The molecule has 9 nitrogen and oxygen atoms in total. The van der Waals surface area contributed by atoms with Crippen molar-refractivity contribution in [2.75, 3.05) is 0 Å². The highest BCUT2D eigenvalue weighted by Crippen LogP contribution is 2.29. The van der Waals surface area contributed by atoms with Gasteiger partial charge < -0.3 is 14.0 Å². The Balaban J connectivity index is 1.76. The first kappa shape index (κ1) is 19.0. The molecule has 0 saturated carbocycles. The van der Waals surface area contributed by atoms with Gasteiger partial charge in [0.05, 0.1) is 10.5 Å². The molecule has 0 spiro atoms. The molecular formula is C19H16N2O7. The summed E-state index contributed by atoms with van der Waals surface area (Å²) in [5.41, 5.74) is 1.72. The standard InChI is InChI=1S/C19H16N2O7/c1-10-8-15(22)17-16(18(10)23)14(11(2)20(17)3)9-27-19(24)28-13-6-4-12(5-7-13)21(25)26/h4-8H,9H2,1-3H3. The molecule has 0 unspecified atom stereocenters. The molecule has 0 saturated heterocycles. The number of aromatic nitrogens is 1. The number of non-ortho nitro benzene ring substituents is 1. The molecule has 1 aromatic carbocycles. The van der Waals surface area contributed by atoms with Crippen molar-refractivity contribution in [1.82, 2.24) is 4.57 Å². The smallest absolute Gasteiger partial charge is 0.429 e. The van der Waals surface area contributed by atoms with Gasteiger partial charge in [0, 0.05) is 36.0 Å². The zero-order chi connectivity index (χ0) is 20.6. The zero-order valence-corrected chi connectivity index (χ0v) is 15.3. The van der Waals surface area contributed by atoms with Crippen LogP contribution in [0.2, 0.25) is 0 Å². The summed E-state index contributed by atoms with van der Waals surface area (Å²) in [5.74, 6) is -0.495. The quantitative estimate of drug-likeness (QED) is 0.343. The summed E-state index contributed by atoms with van der Waals surface area (Å²) in [4.78, 5) is 46.8. The van der Waals surface area contributed by atoms with Gasteiger partial charge in [-0.3, -0.25) is 19.7 Å². The number of carbonyl (C=O) groups is 3. The lowest BCUT2D eigenvalue weighted by molar-refractivity contribution is -0.384. The number of rotatable bonds is 4. The Morgan fingerprint density at radius 3 is 2.43 bits per heavy atom. The molecule has 144 valence electrons. The first-order valence-corrected chi connectivity index (χ1v) is 8.25. The Bertz CT molecular complexity index is 1050. The summed E-state index contributed by atoms with van der Waals surface area (Å²) < 4.78 is 11.7.